The Morgan fingerprint density at radius 2 is 2.32 bits per heavy atom. The molecule has 0 bridgehead atoms. The Labute approximate surface area is 127 Å². The van der Waals surface area contributed by atoms with Gasteiger partial charge in [-0.3, -0.25) is 19.6 Å². The third kappa shape index (κ3) is 2.59. The molecule has 6 nitrogen and oxygen atoms in total. The van der Waals surface area contributed by atoms with Crippen molar-refractivity contribution in [3.63, 3.8) is 0 Å². The molecule has 2 amide bonds. The molecule has 114 valence electrons. The first-order valence-electron chi connectivity index (χ1n) is 7.28. The van der Waals surface area contributed by atoms with Crippen molar-refractivity contribution in [3.8, 4) is 0 Å². The van der Waals surface area contributed by atoms with Crippen molar-refractivity contribution in [3.05, 3.63) is 36.2 Å². The highest BCUT2D eigenvalue weighted by Crippen LogP contribution is 2.26. The minimum absolute atomic E-state index is 0.224. The number of carbonyl (C=O) groups excluding carboxylic acids is 2. The predicted molar refractivity (Wildman–Crippen MR) is 81.8 cm³/mol. The number of rotatable bonds is 4. The van der Waals surface area contributed by atoms with Crippen LogP contribution in [0.1, 0.15) is 31.4 Å². The van der Waals surface area contributed by atoms with Gasteiger partial charge < -0.3 is 4.74 Å². The Bertz CT molecular complexity index is 748. The Morgan fingerprint density at radius 3 is 3.09 bits per heavy atom. The van der Waals surface area contributed by atoms with Crippen molar-refractivity contribution in [2.24, 2.45) is 0 Å². The van der Waals surface area contributed by atoms with Gasteiger partial charge in [-0.25, -0.2) is 0 Å². The van der Waals surface area contributed by atoms with E-state index >= 15 is 0 Å². The van der Waals surface area contributed by atoms with Crippen LogP contribution in [0.15, 0.2) is 30.7 Å². The topological polar surface area (TPSA) is 73.2 Å². The van der Waals surface area contributed by atoms with Crippen molar-refractivity contribution < 1.29 is 14.3 Å². The number of hydrogen-bond donors (Lipinski definition) is 1. The summed E-state index contributed by atoms with van der Waals surface area (Å²) in [4.78, 5) is 23.3. The number of imide groups is 1. The average molecular weight is 299 g/mol. The predicted octanol–water partition coefficient (Wildman–Crippen LogP) is 2.02. The summed E-state index contributed by atoms with van der Waals surface area (Å²) >= 11 is 0. The van der Waals surface area contributed by atoms with Crippen LogP contribution in [0.4, 0.5) is 0 Å². The van der Waals surface area contributed by atoms with E-state index in [4.69, 9.17) is 4.74 Å². The molecule has 1 N–H and O–H groups in total. The quantitative estimate of drug-likeness (QED) is 0.692. The lowest BCUT2D eigenvalue weighted by molar-refractivity contribution is -0.135. The van der Waals surface area contributed by atoms with Crippen LogP contribution < -0.4 is 5.32 Å². The highest BCUT2D eigenvalue weighted by Gasteiger charge is 2.29. The molecule has 1 unspecified atom stereocenters. The molecule has 2 aromatic rings. The van der Waals surface area contributed by atoms with E-state index in [1.165, 1.54) is 0 Å². The van der Waals surface area contributed by atoms with E-state index in [-0.39, 0.29) is 11.8 Å². The second kappa shape index (κ2) is 6.01. The first kappa shape index (κ1) is 14.3. The van der Waals surface area contributed by atoms with Crippen LogP contribution in [-0.2, 0) is 14.3 Å². The van der Waals surface area contributed by atoms with Crippen LogP contribution in [0.5, 0.6) is 0 Å². The molecule has 1 fully saturated rings. The summed E-state index contributed by atoms with van der Waals surface area (Å²) < 4.78 is 6.92. The smallest absolute Gasteiger partial charge is 0.251 e. The van der Waals surface area contributed by atoms with Crippen LogP contribution in [0.25, 0.3) is 17.0 Å². The minimum Gasteiger partial charge on any atom is -0.501 e. The summed E-state index contributed by atoms with van der Waals surface area (Å²) in [7, 11) is 0. The lowest BCUT2D eigenvalue weighted by atomic mass is 10.1. The van der Waals surface area contributed by atoms with Crippen LogP contribution in [-0.4, -0.2) is 28.2 Å². The van der Waals surface area contributed by atoms with Crippen molar-refractivity contribution in [2.45, 2.75) is 25.8 Å². The maximum Gasteiger partial charge on any atom is 0.251 e. The van der Waals surface area contributed by atoms with Gasteiger partial charge in [0.05, 0.1) is 24.6 Å². The zero-order chi connectivity index (χ0) is 15.5. The molecule has 1 aromatic heterocycles. The number of ether oxygens (including phenoxy) is 1. The van der Waals surface area contributed by atoms with Crippen molar-refractivity contribution >= 4 is 28.8 Å². The van der Waals surface area contributed by atoms with Gasteiger partial charge in [0.15, 0.2) is 0 Å². The molecule has 3 rings (SSSR count). The van der Waals surface area contributed by atoms with Gasteiger partial charge in [0, 0.05) is 11.8 Å². The molecule has 0 saturated carbocycles. The molecule has 1 atom stereocenters. The van der Waals surface area contributed by atoms with E-state index in [1.54, 1.807) is 17.1 Å². The summed E-state index contributed by atoms with van der Waals surface area (Å²) in [6, 6.07) is 5.36. The fourth-order valence-electron chi connectivity index (χ4n) is 2.62. The highest BCUT2D eigenvalue weighted by atomic mass is 16.5. The molecule has 0 radical (unpaired) electrons. The van der Waals surface area contributed by atoms with Crippen LogP contribution >= 0.6 is 0 Å². The molecule has 1 saturated heterocycles. The van der Waals surface area contributed by atoms with Gasteiger partial charge in [-0.05, 0) is 31.1 Å². The van der Waals surface area contributed by atoms with E-state index in [0.29, 0.717) is 19.4 Å². The molecule has 22 heavy (non-hydrogen) atoms. The number of fused-ring (bicyclic) bond motifs is 1. The van der Waals surface area contributed by atoms with E-state index < -0.39 is 6.04 Å². The van der Waals surface area contributed by atoms with Crippen LogP contribution in [0.3, 0.4) is 0 Å². The van der Waals surface area contributed by atoms with Crippen LogP contribution in [0.2, 0.25) is 0 Å². The molecule has 6 heteroatoms. The monoisotopic (exact) mass is 299 g/mol. The third-order valence-electron chi connectivity index (χ3n) is 3.69. The summed E-state index contributed by atoms with van der Waals surface area (Å²) in [5, 5.41) is 7.67. The SMILES string of the molecule is CCO/C=C/c1cccc2c1cnn2C1CCC(=O)NC1=O. The van der Waals surface area contributed by atoms with Crippen molar-refractivity contribution in [1.29, 1.82) is 0 Å². The summed E-state index contributed by atoms with van der Waals surface area (Å²) in [6.45, 7) is 2.54. The summed E-state index contributed by atoms with van der Waals surface area (Å²) in [5.41, 5.74) is 1.85. The van der Waals surface area contributed by atoms with Gasteiger partial charge in [0.25, 0.3) is 5.91 Å². The van der Waals surface area contributed by atoms with Crippen LogP contribution in [0, 0.1) is 0 Å². The standard InChI is InChI=1S/C16H17N3O3/c1-2-22-9-8-11-4-3-5-13-12(11)10-17-19(13)14-6-7-15(20)18-16(14)21/h3-5,8-10,14H,2,6-7H2,1H3,(H,18,20,21)/b9-8+. The second-order valence-corrected chi connectivity index (χ2v) is 5.09. The molecule has 1 aliphatic rings. The number of nitrogens with one attached hydrogen (secondary N) is 1. The van der Waals surface area contributed by atoms with Crippen molar-refractivity contribution in [1.82, 2.24) is 15.1 Å². The Hall–Kier alpha value is -2.63. The lowest BCUT2D eigenvalue weighted by Crippen LogP contribution is -2.42. The zero-order valence-corrected chi connectivity index (χ0v) is 12.3. The fourth-order valence-corrected chi connectivity index (χ4v) is 2.62. The largest absolute Gasteiger partial charge is 0.501 e. The van der Waals surface area contributed by atoms with Gasteiger partial charge in [0.2, 0.25) is 5.91 Å². The van der Waals surface area contributed by atoms with Gasteiger partial charge in [-0.2, -0.15) is 5.10 Å². The second-order valence-electron chi connectivity index (χ2n) is 5.09. The first-order chi connectivity index (χ1) is 10.7. The first-order valence-corrected chi connectivity index (χ1v) is 7.28. The van der Waals surface area contributed by atoms with Gasteiger partial charge in [-0.1, -0.05) is 12.1 Å². The van der Waals surface area contributed by atoms with E-state index in [1.807, 2.05) is 31.2 Å². The summed E-state index contributed by atoms with van der Waals surface area (Å²) in [6.07, 6.45) is 6.08. The third-order valence-corrected chi connectivity index (χ3v) is 3.69. The van der Waals surface area contributed by atoms with E-state index in [2.05, 4.69) is 10.4 Å². The Morgan fingerprint density at radius 1 is 1.45 bits per heavy atom. The molecule has 0 spiro atoms. The number of carbonyl (C=O) groups is 2. The van der Waals surface area contributed by atoms with Gasteiger partial charge in [-0.15, -0.1) is 0 Å². The highest BCUT2D eigenvalue weighted by molar-refractivity contribution is 6.00. The summed E-state index contributed by atoms with van der Waals surface area (Å²) in [5.74, 6) is -0.519. The van der Waals surface area contributed by atoms with E-state index in [0.717, 1.165) is 16.5 Å². The Balaban J connectivity index is 1.97. The number of piperidine rings is 1. The lowest BCUT2D eigenvalue weighted by Gasteiger charge is -2.21. The molecular formula is C16H17N3O3. The Kier molecular flexibility index (Phi) is 3.91. The number of benzene rings is 1. The fraction of sp³-hybridized carbons (Fsp3) is 0.312. The molecule has 1 aromatic carbocycles. The molecular weight excluding hydrogens is 282 g/mol. The zero-order valence-electron chi connectivity index (χ0n) is 12.3. The van der Waals surface area contributed by atoms with Gasteiger partial charge >= 0.3 is 0 Å². The van der Waals surface area contributed by atoms with E-state index in [9.17, 15) is 9.59 Å². The normalized spacial score (nSPS) is 18.9. The van der Waals surface area contributed by atoms with Gasteiger partial charge in [0.1, 0.15) is 6.04 Å². The number of hydrogen-bond acceptors (Lipinski definition) is 4. The molecule has 1 aliphatic heterocycles. The maximum atomic E-state index is 12.0. The minimum atomic E-state index is -0.443. The van der Waals surface area contributed by atoms with Crippen molar-refractivity contribution in [2.75, 3.05) is 6.61 Å². The number of aromatic nitrogens is 2. The average Bonchev–Trinajstić information content (AvgIpc) is 2.92. The number of amides is 2. The maximum absolute atomic E-state index is 12.0. The number of nitrogens with zero attached hydrogens (tertiary/aromatic N) is 2. The molecule has 2 heterocycles. The molecule has 0 aliphatic carbocycles.